The van der Waals surface area contributed by atoms with E-state index >= 15 is 0 Å². The number of hydrogen-bond acceptors (Lipinski definition) is 9. The van der Waals surface area contributed by atoms with Gasteiger partial charge in [0.1, 0.15) is 12.3 Å². The maximum Gasteiger partial charge on any atom is 0.330 e. The summed E-state index contributed by atoms with van der Waals surface area (Å²) < 4.78 is 29.0. The second kappa shape index (κ2) is 22.5. The van der Waals surface area contributed by atoms with Crippen LogP contribution < -0.4 is 16.1 Å². The summed E-state index contributed by atoms with van der Waals surface area (Å²) in [5.41, 5.74) is 8.03. The number of unbranched alkanes of at least 4 members (excludes halogenated alkanes) is 15. The van der Waals surface area contributed by atoms with Crippen LogP contribution >= 0.6 is 7.82 Å². The first-order valence-corrected chi connectivity index (χ1v) is 18.5. The van der Waals surface area contributed by atoms with E-state index in [4.69, 9.17) is 19.5 Å². The molecule has 6 unspecified atom stereocenters. The molecule has 1 saturated heterocycles. The Morgan fingerprint density at radius 3 is 2.13 bits per heavy atom. The van der Waals surface area contributed by atoms with Gasteiger partial charge in [0.2, 0.25) is 0 Å². The molecule has 15 heteroatoms. The van der Waals surface area contributed by atoms with Crippen molar-refractivity contribution in [3.8, 4) is 0 Å². The van der Waals surface area contributed by atoms with Gasteiger partial charge >= 0.3 is 5.69 Å². The van der Waals surface area contributed by atoms with Crippen molar-refractivity contribution in [3.63, 3.8) is 0 Å². The average Bonchev–Trinajstić information content (AvgIpc) is 3.39. The standard InChI is InChI=1S/C31H56N5O9P/c1-3-4-5-6-7-8-9-10-11-12-13-14-15-16-17-18-19-43-23-26(37)28(45-46(40,41)42)21-27-25(34-35-32)20-29(44-27)36-22-24(2)30(38)33-31(36)39/h22,25-29,37H,3-21,23H2,1-2H3,(H,33,38,39)(H2,40,41,42)/p-1. The number of aromatic nitrogens is 2. The molecule has 0 aromatic carbocycles. The van der Waals surface area contributed by atoms with E-state index in [2.05, 4.69) is 21.9 Å². The molecule has 3 N–H and O–H groups in total. The highest BCUT2D eigenvalue weighted by atomic mass is 31.2. The van der Waals surface area contributed by atoms with Crippen LogP contribution in [-0.2, 0) is 18.6 Å². The molecule has 14 nitrogen and oxygen atoms in total. The Morgan fingerprint density at radius 2 is 1.61 bits per heavy atom. The summed E-state index contributed by atoms with van der Waals surface area (Å²) in [6.45, 7) is 3.88. The fourth-order valence-electron chi connectivity index (χ4n) is 5.82. The molecule has 2 rings (SSSR count). The zero-order chi connectivity index (χ0) is 33.8. The molecular weight excluding hydrogens is 617 g/mol. The first-order valence-electron chi connectivity index (χ1n) is 17.1. The number of aliphatic hydroxyl groups is 1. The first kappa shape index (κ1) is 40.2. The molecule has 0 aliphatic carbocycles. The highest BCUT2D eigenvalue weighted by Crippen LogP contribution is 2.38. The van der Waals surface area contributed by atoms with Crippen LogP contribution in [-0.4, -0.2) is 57.1 Å². The van der Waals surface area contributed by atoms with E-state index in [0.29, 0.717) is 6.61 Å². The zero-order valence-electron chi connectivity index (χ0n) is 27.6. The van der Waals surface area contributed by atoms with Crippen molar-refractivity contribution < 1.29 is 33.5 Å². The molecule has 6 atom stereocenters. The Hall–Kier alpha value is -2.02. The normalized spacial score (nSPS) is 20.7. The van der Waals surface area contributed by atoms with E-state index in [1.807, 2.05) is 0 Å². The monoisotopic (exact) mass is 672 g/mol. The van der Waals surface area contributed by atoms with Crippen molar-refractivity contribution in [1.82, 2.24) is 9.55 Å². The number of nitrogens with zero attached hydrogens (tertiary/aromatic N) is 4. The van der Waals surface area contributed by atoms with Gasteiger partial charge in [0.05, 0.1) is 24.9 Å². The summed E-state index contributed by atoms with van der Waals surface area (Å²) in [7, 11) is -5.26. The number of aliphatic hydroxyl groups excluding tert-OH is 1. The van der Waals surface area contributed by atoms with Crippen LogP contribution in [0.4, 0.5) is 0 Å². The molecule has 1 aromatic heterocycles. The maximum absolute atomic E-state index is 12.3. The van der Waals surface area contributed by atoms with E-state index in [1.165, 1.54) is 96.6 Å². The molecule has 2 heterocycles. The summed E-state index contributed by atoms with van der Waals surface area (Å²) in [6.07, 6.45) is 16.3. The van der Waals surface area contributed by atoms with Gasteiger partial charge in [-0.15, -0.1) is 0 Å². The largest absolute Gasteiger partial charge is 0.756 e. The van der Waals surface area contributed by atoms with Gasteiger partial charge in [-0.25, -0.2) is 4.79 Å². The topological polar surface area (TPSA) is 212 Å². The number of rotatable bonds is 26. The number of phosphoric acid groups is 1. The third-order valence-corrected chi connectivity index (χ3v) is 8.99. The van der Waals surface area contributed by atoms with Gasteiger partial charge in [0.15, 0.2) is 0 Å². The van der Waals surface area contributed by atoms with Gasteiger partial charge in [-0.05, 0) is 18.9 Å². The molecule has 0 radical (unpaired) electrons. The highest BCUT2D eigenvalue weighted by molar-refractivity contribution is 7.44. The Balaban J connectivity index is 1.69. The highest BCUT2D eigenvalue weighted by Gasteiger charge is 2.40. The minimum atomic E-state index is -5.26. The van der Waals surface area contributed by atoms with E-state index in [0.717, 1.165) is 23.8 Å². The summed E-state index contributed by atoms with van der Waals surface area (Å²) in [5, 5.41) is 14.4. The van der Waals surface area contributed by atoms with Gasteiger partial charge in [0.25, 0.3) is 13.4 Å². The number of nitrogens with one attached hydrogen (secondary N) is 1. The van der Waals surface area contributed by atoms with Gasteiger partial charge in [-0.3, -0.25) is 18.9 Å². The Kier molecular flexibility index (Phi) is 19.7. The maximum atomic E-state index is 12.3. The van der Waals surface area contributed by atoms with Crippen molar-refractivity contribution in [2.75, 3.05) is 13.2 Å². The molecule has 46 heavy (non-hydrogen) atoms. The smallest absolute Gasteiger partial charge is 0.330 e. The molecule has 0 saturated carbocycles. The molecule has 264 valence electrons. The van der Waals surface area contributed by atoms with Crippen LogP contribution in [0.3, 0.4) is 0 Å². The number of aryl methyl sites for hydroxylation is 1. The van der Waals surface area contributed by atoms with E-state index in [9.17, 15) is 29.0 Å². The predicted molar refractivity (Wildman–Crippen MR) is 173 cm³/mol. The van der Waals surface area contributed by atoms with Crippen LogP contribution in [0.2, 0.25) is 0 Å². The van der Waals surface area contributed by atoms with Crippen molar-refractivity contribution >= 4 is 7.82 Å². The van der Waals surface area contributed by atoms with Crippen molar-refractivity contribution in [2.24, 2.45) is 5.11 Å². The lowest BCUT2D eigenvalue weighted by Crippen LogP contribution is -2.38. The Bertz CT molecular complexity index is 1200. The van der Waals surface area contributed by atoms with Crippen LogP contribution in [0.5, 0.6) is 0 Å². The fourth-order valence-corrected chi connectivity index (χ4v) is 6.39. The minimum Gasteiger partial charge on any atom is -0.756 e. The number of aromatic amines is 1. The average molecular weight is 673 g/mol. The summed E-state index contributed by atoms with van der Waals surface area (Å²) >= 11 is 0. The van der Waals surface area contributed by atoms with Gasteiger partial charge < -0.3 is 28.9 Å². The second-order valence-corrected chi connectivity index (χ2v) is 13.6. The SMILES string of the molecule is CCCCCCCCCCCCCCCCCCOCC(O)C(CC1OC(n2cc(C)c(=O)[nH]c2=O)CC1N=[N+]=[N-])OP(=O)([O-])O. The number of ether oxygens (including phenoxy) is 2. The van der Waals surface area contributed by atoms with Crippen molar-refractivity contribution in [3.05, 3.63) is 43.0 Å². The van der Waals surface area contributed by atoms with E-state index < -0.39 is 49.7 Å². The minimum absolute atomic E-state index is 0.0485. The molecule has 1 aliphatic rings. The molecule has 1 aromatic rings. The molecule has 0 bridgehead atoms. The van der Waals surface area contributed by atoms with Crippen LogP contribution in [0.1, 0.15) is 134 Å². The molecule has 0 spiro atoms. The van der Waals surface area contributed by atoms with Crippen LogP contribution in [0.25, 0.3) is 10.4 Å². The third-order valence-electron chi connectivity index (χ3n) is 8.45. The van der Waals surface area contributed by atoms with Gasteiger partial charge in [0, 0.05) is 36.1 Å². The summed E-state index contributed by atoms with van der Waals surface area (Å²) in [4.78, 5) is 50.0. The lowest BCUT2D eigenvalue weighted by Gasteiger charge is -2.30. The Morgan fingerprint density at radius 1 is 1.07 bits per heavy atom. The lowest BCUT2D eigenvalue weighted by atomic mass is 10.0. The van der Waals surface area contributed by atoms with Crippen LogP contribution in [0, 0.1) is 6.92 Å². The van der Waals surface area contributed by atoms with E-state index in [1.54, 1.807) is 0 Å². The molecule has 1 fully saturated rings. The molecular formula is C31H55N5O9P-. The lowest BCUT2D eigenvalue weighted by molar-refractivity contribution is -0.229. The molecule has 1 aliphatic heterocycles. The van der Waals surface area contributed by atoms with Gasteiger partial charge in [-0.1, -0.05) is 108 Å². The quantitative estimate of drug-likeness (QED) is 0.0362. The number of H-pyrrole nitrogens is 1. The first-order chi connectivity index (χ1) is 22.1. The molecule has 0 amide bonds. The fraction of sp³-hybridized carbons (Fsp3) is 0.871. The predicted octanol–water partition coefficient (Wildman–Crippen LogP) is 5.69. The van der Waals surface area contributed by atoms with Crippen molar-refractivity contribution in [1.29, 1.82) is 0 Å². The number of phosphoric ester groups is 1. The summed E-state index contributed by atoms with van der Waals surface area (Å²) in [6, 6.07) is -0.844. The van der Waals surface area contributed by atoms with Gasteiger partial charge in [-0.2, -0.15) is 0 Å². The van der Waals surface area contributed by atoms with E-state index in [-0.39, 0.29) is 25.0 Å². The number of azide groups is 1. The summed E-state index contributed by atoms with van der Waals surface area (Å²) in [5.74, 6) is 0. The van der Waals surface area contributed by atoms with Crippen molar-refractivity contribution in [2.45, 2.75) is 160 Å². The van der Waals surface area contributed by atoms with Crippen LogP contribution in [0.15, 0.2) is 20.9 Å². The Labute approximate surface area is 272 Å². The number of hydrogen-bond donors (Lipinski definition) is 3. The second-order valence-electron chi connectivity index (χ2n) is 12.4. The zero-order valence-corrected chi connectivity index (χ0v) is 28.5. The third kappa shape index (κ3) is 16.2.